The van der Waals surface area contributed by atoms with Crippen LogP contribution in [-0.2, 0) is 27.2 Å². The van der Waals surface area contributed by atoms with Gasteiger partial charge in [0.15, 0.2) is 23.7 Å². The maximum Gasteiger partial charge on any atom is 0.187 e. The van der Waals surface area contributed by atoms with Gasteiger partial charge in [0.2, 0.25) is 0 Å². The van der Waals surface area contributed by atoms with E-state index in [0.29, 0.717) is 5.56 Å². The van der Waals surface area contributed by atoms with Gasteiger partial charge in [0, 0.05) is 22.6 Å². The van der Waals surface area contributed by atoms with Gasteiger partial charge in [0.1, 0.15) is 6.10 Å². The molecule has 2 atom stereocenters. The van der Waals surface area contributed by atoms with Crippen molar-refractivity contribution in [2.75, 3.05) is 6.61 Å². The molecule has 2 aliphatic rings. The Balaban J connectivity index is 0.000000214. The number of thiophene rings is 1. The van der Waals surface area contributed by atoms with Gasteiger partial charge in [0.25, 0.3) is 0 Å². The molecule has 4 nitrogen and oxygen atoms in total. The summed E-state index contributed by atoms with van der Waals surface area (Å²) in [6.07, 6.45) is 1.80. The van der Waals surface area contributed by atoms with Crippen LogP contribution in [0.2, 0.25) is 0 Å². The van der Waals surface area contributed by atoms with E-state index in [-0.39, 0.29) is 19.0 Å². The summed E-state index contributed by atoms with van der Waals surface area (Å²) in [5, 5.41) is 9.26. The van der Waals surface area contributed by atoms with Crippen LogP contribution >= 0.6 is 11.3 Å². The number of ether oxygens (including phenoxy) is 3. The minimum Gasteiger partial charge on any atom is -0.392 e. The minimum absolute atomic E-state index is 0.0256. The van der Waals surface area contributed by atoms with Crippen molar-refractivity contribution in [3.63, 3.8) is 0 Å². The molecule has 2 aromatic carbocycles. The van der Waals surface area contributed by atoms with Gasteiger partial charge in [-0.1, -0.05) is 24.3 Å². The number of halogens is 2. The van der Waals surface area contributed by atoms with E-state index in [1.807, 2.05) is 51.1 Å². The third-order valence-corrected chi connectivity index (χ3v) is 6.78. The molecule has 2 saturated heterocycles. The molecule has 3 aromatic rings. The number of fused-ring (bicyclic) bond motifs is 1. The van der Waals surface area contributed by atoms with Crippen LogP contribution in [0.15, 0.2) is 48.5 Å². The summed E-state index contributed by atoms with van der Waals surface area (Å²) in [5.41, 5.74) is 3.91. The lowest BCUT2D eigenvalue weighted by Crippen LogP contribution is -2.22. The number of rotatable bonds is 4. The number of aryl methyl sites for hydroxylation is 1. The second-order valence-electron chi connectivity index (χ2n) is 8.69. The van der Waals surface area contributed by atoms with Gasteiger partial charge in [-0.05, 0) is 67.3 Å². The first-order valence-corrected chi connectivity index (χ1v) is 11.8. The van der Waals surface area contributed by atoms with E-state index in [0.717, 1.165) is 46.4 Å². The second kappa shape index (κ2) is 9.99. The highest BCUT2D eigenvalue weighted by molar-refractivity contribution is 7.15. The topological polar surface area (TPSA) is 47.9 Å². The van der Waals surface area contributed by atoms with Gasteiger partial charge in [0.05, 0.1) is 13.2 Å². The molecule has 0 aliphatic carbocycles. The lowest BCUT2D eigenvalue weighted by molar-refractivity contribution is -0.192. The van der Waals surface area contributed by atoms with Crippen molar-refractivity contribution in [2.45, 2.75) is 58.4 Å². The summed E-state index contributed by atoms with van der Waals surface area (Å²) in [6.45, 7) is 6.66. The lowest BCUT2D eigenvalue weighted by atomic mass is 10.0. The average Bonchev–Trinajstić information content (AvgIpc) is 3.47. The lowest BCUT2D eigenvalue weighted by Gasteiger charge is -2.17. The first-order chi connectivity index (χ1) is 15.7. The molecule has 1 aromatic heterocycles. The molecule has 176 valence electrons. The Morgan fingerprint density at radius 3 is 2.58 bits per heavy atom. The highest BCUT2D eigenvalue weighted by Gasteiger charge is 2.44. The molecule has 7 heteroatoms. The molecule has 0 amide bonds. The van der Waals surface area contributed by atoms with Crippen molar-refractivity contribution in [3.05, 3.63) is 81.7 Å². The normalized spacial score (nSPS) is 20.9. The predicted molar refractivity (Wildman–Crippen MR) is 124 cm³/mol. The van der Waals surface area contributed by atoms with Crippen molar-refractivity contribution in [1.82, 2.24) is 0 Å². The second-order valence-corrected chi connectivity index (χ2v) is 9.86. The molecular weight excluding hydrogens is 446 g/mol. The summed E-state index contributed by atoms with van der Waals surface area (Å²) in [4.78, 5) is 2.05. The van der Waals surface area contributed by atoms with Crippen molar-refractivity contribution >= 4 is 11.3 Å². The molecular formula is C26H28F2O4S. The Hall–Kier alpha value is -2.16. The first kappa shape index (κ1) is 24.0. The highest BCUT2D eigenvalue weighted by atomic mass is 32.1. The molecule has 0 spiro atoms. The third-order valence-electron chi connectivity index (χ3n) is 5.65. The maximum atomic E-state index is 13.4. The van der Waals surface area contributed by atoms with Crippen molar-refractivity contribution in [1.29, 1.82) is 0 Å². The summed E-state index contributed by atoms with van der Waals surface area (Å²) < 4.78 is 42.6. The fraction of sp³-hybridized carbons (Fsp3) is 0.385. The van der Waals surface area contributed by atoms with E-state index in [4.69, 9.17) is 14.2 Å². The molecule has 2 aliphatic heterocycles. The van der Waals surface area contributed by atoms with Crippen LogP contribution < -0.4 is 0 Å². The zero-order chi connectivity index (χ0) is 23.6. The van der Waals surface area contributed by atoms with Crippen LogP contribution in [0.1, 0.15) is 41.8 Å². The van der Waals surface area contributed by atoms with E-state index in [1.165, 1.54) is 11.6 Å². The summed E-state index contributed by atoms with van der Waals surface area (Å²) in [5.74, 6) is -2.10. The van der Waals surface area contributed by atoms with Gasteiger partial charge in [-0.2, -0.15) is 0 Å². The fourth-order valence-corrected chi connectivity index (χ4v) is 4.95. The standard InChI is InChI=1S/C19H16F2OS.C7H12O3/c1-12-2-3-13(11-22)8-15(12)9-16-5-7-19(23-16)14-4-6-17(20)18(21)10-14;1-7(2)9-5-3-4-8-6(5)10-7/h2-8,10,22H,9,11H2,1H3;5-6H,3-4H2,1-2H3. The number of aliphatic hydroxyl groups is 1. The SMILES string of the molecule is CC1(C)OC2CCOC2O1.Cc1ccc(CO)cc1Cc1ccc(-c2ccc(F)c(F)c2)s1. The molecule has 0 radical (unpaired) electrons. The van der Waals surface area contributed by atoms with Crippen LogP contribution in [0, 0.1) is 18.6 Å². The van der Waals surface area contributed by atoms with E-state index in [9.17, 15) is 13.9 Å². The van der Waals surface area contributed by atoms with Gasteiger partial charge < -0.3 is 19.3 Å². The zero-order valence-electron chi connectivity index (χ0n) is 18.9. The maximum absolute atomic E-state index is 13.4. The molecule has 1 N–H and O–H groups in total. The first-order valence-electron chi connectivity index (χ1n) is 10.9. The monoisotopic (exact) mass is 474 g/mol. The predicted octanol–water partition coefficient (Wildman–Crippen LogP) is 5.97. The Morgan fingerprint density at radius 1 is 1.03 bits per heavy atom. The largest absolute Gasteiger partial charge is 0.392 e. The molecule has 0 saturated carbocycles. The number of hydrogen-bond acceptors (Lipinski definition) is 5. The van der Waals surface area contributed by atoms with Crippen LogP contribution in [0.25, 0.3) is 10.4 Å². The Bertz CT molecular complexity index is 1100. The fourth-order valence-electron chi connectivity index (χ4n) is 3.92. The molecule has 5 rings (SSSR count). The summed E-state index contributed by atoms with van der Waals surface area (Å²) in [7, 11) is 0. The quantitative estimate of drug-likeness (QED) is 0.506. The van der Waals surface area contributed by atoms with E-state index in [2.05, 4.69) is 0 Å². The van der Waals surface area contributed by atoms with Crippen LogP contribution in [-0.4, -0.2) is 29.9 Å². The van der Waals surface area contributed by atoms with Gasteiger partial charge in [-0.15, -0.1) is 11.3 Å². The number of benzene rings is 2. The Labute approximate surface area is 196 Å². The van der Waals surface area contributed by atoms with Crippen LogP contribution in [0.5, 0.6) is 0 Å². The molecule has 3 heterocycles. The highest BCUT2D eigenvalue weighted by Crippen LogP contribution is 2.34. The number of aliphatic hydroxyl groups excluding tert-OH is 1. The molecule has 2 fully saturated rings. The van der Waals surface area contributed by atoms with Gasteiger partial charge in [-0.3, -0.25) is 0 Å². The van der Waals surface area contributed by atoms with E-state index >= 15 is 0 Å². The molecule has 33 heavy (non-hydrogen) atoms. The zero-order valence-corrected chi connectivity index (χ0v) is 19.8. The third kappa shape index (κ3) is 5.86. The number of hydrogen-bond donors (Lipinski definition) is 1. The molecule has 2 unspecified atom stereocenters. The smallest absolute Gasteiger partial charge is 0.187 e. The van der Waals surface area contributed by atoms with Crippen molar-refractivity contribution in [3.8, 4) is 10.4 Å². The van der Waals surface area contributed by atoms with Crippen molar-refractivity contribution in [2.24, 2.45) is 0 Å². The Morgan fingerprint density at radius 2 is 1.85 bits per heavy atom. The van der Waals surface area contributed by atoms with Gasteiger partial charge in [-0.25, -0.2) is 8.78 Å². The minimum atomic E-state index is -0.832. The molecule has 0 bridgehead atoms. The van der Waals surface area contributed by atoms with E-state index < -0.39 is 17.4 Å². The summed E-state index contributed by atoms with van der Waals surface area (Å²) >= 11 is 1.57. The van der Waals surface area contributed by atoms with Crippen LogP contribution in [0.3, 0.4) is 0 Å². The van der Waals surface area contributed by atoms with Crippen LogP contribution in [0.4, 0.5) is 8.78 Å². The van der Waals surface area contributed by atoms with E-state index in [1.54, 1.807) is 17.4 Å². The van der Waals surface area contributed by atoms with Crippen molar-refractivity contribution < 1.29 is 28.1 Å². The Kier molecular flexibility index (Phi) is 7.26. The average molecular weight is 475 g/mol. The summed E-state index contributed by atoms with van der Waals surface area (Å²) in [6, 6.07) is 13.8. The van der Waals surface area contributed by atoms with Gasteiger partial charge >= 0.3 is 0 Å².